The van der Waals surface area contributed by atoms with Gasteiger partial charge in [0.25, 0.3) is 0 Å². The Morgan fingerprint density at radius 3 is 2.62 bits per heavy atom. The first-order valence-electron chi connectivity index (χ1n) is 6.02. The van der Waals surface area contributed by atoms with Crippen LogP contribution in [0.3, 0.4) is 0 Å². The molecule has 1 aliphatic heterocycles. The molecule has 6 nitrogen and oxygen atoms in total. The lowest BCUT2D eigenvalue weighted by molar-refractivity contribution is 0.461. The normalized spacial score (nSPS) is 24.6. The van der Waals surface area contributed by atoms with Crippen molar-refractivity contribution in [3.05, 3.63) is 29.6 Å². The van der Waals surface area contributed by atoms with Crippen LogP contribution >= 0.6 is 0 Å². The van der Waals surface area contributed by atoms with Gasteiger partial charge in [0.1, 0.15) is 22.3 Å². The Balaban J connectivity index is 2.42. The highest BCUT2D eigenvalue weighted by molar-refractivity contribution is 7.92. The van der Waals surface area contributed by atoms with Crippen LogP contribution in [0.1, 0.15) is 18.9 Å². The van der Waals surface area contributed by atoms with E-state index in [9.17, 15) is 21.2 Å². The van der Waals surface area contributed by atoms with Gasteiger partial charge >= 0.3 is 0 Å². The van der Waals surface area contributed by atoms with E-state index >= 15 is 0 Å². The first-order valence-corrected chi connectivity index (χ1v) is 9.32. The number of benzene rings is 1. The molecule has 0 amide bonds. The summed E-state index contributed by atoms with van der Waals surface area (Å²) < 4.78 is 63.4. The van der Waals surface area contributed by atoms with E-state index in [-0.39, 0.29) is 17.9 Å². The van der Waals surface area contributed by atoms with E-state index in [0.29, 0.717) is 0 Å². The van der Waals surface area contributed by atoms with Gasteiger partial charge in [-0.2, -0.15) is 5.26 Å². The number of nitrogens with one attached hydrogen (secondary N) is 1. The Morgan fingerprint density at radius 1 is 1.43 bits per heavy atom. The molecule has 1 N–H and O–H groups in total. The summed E-state index contributed by atoms with van der Waals surface area (Å²) in [6.45, 7) is 1.47. The van der Waals surface area contributed by atoms with E-state index in [4.69, 9.17) is 5.26 Å². The summed E-state index contributed by atoms with van der Waals surface area (Å²) >= 11 is 0. The van der Waals surface area contributed by atoms with Crippen molar-refractivity contribution in [1.29, 1.82) is 5.26 Å². The van der Waals surface area contributed by atoms with Gasteiger partial charge in [-0.25, -0.2) is 25.9 Å². The molecule has 1 aromatic carbocycles. The molecule has 1 unspecified atom stereocenters. The number of nitriles is 1. The molecule has 21 heavy (non-hydrogen) atoms. The minimum atomic E-state index is -4.19. The number of rotatable bonds is 3. The summed E-state index contributed by atoms with van der Waals surface area (Å²) in [5.74, 6) is -1.37. The van der Waals surface area contributed by atoms with E-state index in [1.54, 1.807) is 0 Å². The molecule has 0 bridgehead atoms. The largest absolute Gasteiger partial charge is 0.242 e. The molecule has 1 saturated heterocycles. The van der Waals surface area contributed by atoms with Gasteiger partial charge in [0.2, 0.25) is 10.0 Å². The van der Waals surface area contributed by atoms with E-state index in [1.165, 1.54) is 19.1 Å². The van der Waals surface area contributed by atoms with Crippen LogP contribution in [0.2, 0.25) is 0 Å². The van der Waals surface area contributed by atoms with Crippen molar-refractivity contribution in [3.63, 3.8) is 0 Å². The third-order valence-corrected chi connectivity index (χ3v) is 6.84. The highest BCUT2D eigenvalue weighted by Crippen LogP contribution is 2.26. The third kappa shape index (κ3) is 3.23. The minimum absolute atomic E-state index is 0.111. The Hall–Kier alpha value is -1.50. The second-order valence-corrected chi connectivity index (χ2v) is 9.07. The summed E-state index contributed by atoms with van der Waals surface area (Å²) in [6.07, 6.45) is 0.131. The molecule has 114 valence electrons. The van der Waals surface area contributed by atoms with Crippen LogP contribution in [0.15, 0.2) is 23.1 Å². The Morgan fingerprint density at radius 2 is 2.10 bits per heavy atom. The lowest BCUT2D eigenvalue weighted by Gasteiger charge is -2.23. The molecule has 0 saturated carbocycles. The molecular formula is C12H13FN2O4S2. The molecule has 1 atom stereocenters. The van der Waals surface area contributed by atoms with Gasteiger partial charge < -0.3 is 0 Å². The maximum Gasteiger partial charge on any atom is 0.242 e. The SMILES string of the molecule is CC1(NS(=O)(=O)c2cccc(F)c2C#N)CCS(=O)(=O)C1. The number of hydrogen-bond donors (Lipinski definition) is 1. The maximum atomic E-state index is 13.5. The molecule has 0 aliphatic carbocycles. The minimum Gasteiger partial charge on any atom is -0.229 e. The molecule has 0 aromatic heterocycles. The van der Waals surface area contributed by atoms with Gasteiger partial charge in [0, 0.05) is 5.54 Å². The molecule has 0 spiro atoms. The summed E-state index contributed by atoms with van der Waals surface area (Å²) in [7, 11) is -7.49. The van der Waals surface area contributed by atoms with Crippen LogP contribution < -0.4 is 4.72 Å². The summed E-state index contributed by atoms with van der Waals surface area (Å²) in [6, 6.07) is 4.78. The van der Waals surface area contributed by atoms with Gasteiger partial charge in [-0.15, -0.1) is 0 Å². The van der Waals surface area contributed by atoms with Crippen LogP contribution in [-0.2, 0) is 19.9 Å². The Labute approximate surface area is 122 Å². The second-order valence-electron chi connectivity index (χ2n) is 5.23. The topological polar surface area (TPSA) is 104 Å². The van der Waals surface area contributed by atoms with Crippen LogP contribution in [0.25, 0.3) is 0 Å². The quantitative estimate of drug-likeness (QED) is 0.870. The van der Waals surface area contributed by atoms with Crippen molar-refractivity contribution in [1.82, 2.24) is 4.72 Å². The van der Waals surface area contributed by atoms with Crippen LogP contribution in [0.5, 0.6) is 0 Å². The van der Waals surface area contributed by atoms with Gasteiger partial charge in [-0.05, 0) is 25.5 Å². The highest BCUT2D eigenvalue weighted by Gasteiger charge is 2.41. The van der Waals surface area contributed by atoms with Gasteiger partial charge in [-0.1, -0.05) is 6.07 Å². The molecule has 0 radical (unpaired) electrons. The smallest absolute Gasteiger partial charge is 0.229 e. The third-order valence-electron chi connectivity index (χ3n) is 3.26. The van der Waals surface area contributed by atoms with Gasteiger partial charge in [0.05, 0.1) is 11.5 Å². The molecule has 1 heterocycles. The maximum absolute atomic E-state index is 13.5. The first kappa shape index (κ1) is 15.9. The molecule has 1 aliphatic rings. The first-order chi connectivity index (χ1) is 9.59. The average Bonchev–Trinajstić information content (AvgIpc) is 2.62. The Kier molecular flexibility index (Phi) is 3.82. The van der Waals surface area contributed by atoms with Crippen molar-refractivity contribution in [3.8, 4) is 6.07 Å². The predicted octanol–water partition coefficient (Wildman–Crippen LogP) is 0.553. The zero-order valence-corrected chi connectivity index (χ0v) is 12.8. The fourth-order valence-electron chi connectivity index (χ4n) is 2.31. The van der Waals surface area contributed by atoms with Crippen LogP contribution in [0.4, 0.5) is 4.39 Å². The molecule has 1 fully saturated rings. The molecule has 2 rings (SSSR count). The molecule has 1 aromatic rings. The number of halogens is 1. The monoisotopic (exact) mass is 332 g/mol. The van der Waals surface area contributed by atoms with Gasteiger partial charge in [-0.3, -0.25) is 0 Å². The Bertz CT molecular complexity index is 827. The van der Waals surface area contributed by atoms with E-state index in [2.05, 4.69) is 4.72 Å². The van der Waals surface area contributed by atoms with Crippen molar-refractivity contribution in [2.24, 2.45) is 0 Å². The number of hydrogen-bond acceptors (Lipinski definition) is 5. The van der Waals surface area contributed by atoms with Crippen molar-refractivity contribution >= 4 is 19.9 Å². The van der Waals surface area contributed by atoms with Crippen molar-refractivity contribution < 1.29 is 21.2 Å². The molecular weight excluding hydrogens is 319 g/mol. The summed E-state index contributed by atoms with van der Waals surface area (Å²) in [5.41, 5.74) is -1.74. The fourth-order valence-corrected chi connectivity index (χ4v) is 6.09. The van der Waals surface area contributed by atoms with E-state index < -0.39 is 41.7 Å². The predicted molar refractivity (Wildman–Crippen MR) is 73.1 cm³/mol. The summed E-state index contributed by atoms with van der Waals surface area (Å²) in [4.78, 5) is -0.490. The van der Waals surface area contributed by atoms with Crippen LogP contribution in [-0.4, -0.2) is 33.9 Å². The van der Waals surface area contributed by atoms with Crippen molar-refractivity contribution in [2.45, 2.75) is 23.8 Å². The molecule has 9 heteroatoms. The lowest BCUT2D eigenvalue weighted by Crippen LogP contribution is -2.46. The van der Waals surface area contributed by atoms with Gasteiger partial charge in [0.15, 0.2) is 9.84 Å². The van der Waals surface area contributed by atoms with E-state index in [1.807, 2.05) is 0 Å². The second kappa shape index (κ2) is 5.05. The summed E-state index contributed by atoms with van der Waals surface area (Å²) in [5, 5.41) is 8.89. The van der Waals surface area contributed by atoms with Crippen LogP contribution in [0, 0.1) is 17.1 Å². The van der Waals surface area contributed by atoms with E-state index in [0.717, 1.165) is 12.1 Å². The average molecular weight is 332 g/mol. The standard InChI is InChI=1S/C12H13FN2O4S2/c1-12(5-6-20(16,17)8-12)15-21(18,19)11-4-2-3-10(13)9(11)7-14/h2-4,15H,5-6,8H2,1H3. The lowest BCUT2D eigenvalue weighted by atomic mass is 10.0. The highest BCUT2D eigenvalue weighted by atomic mass is 32.2. The number of sulfone groups is 1. The zero-order chi connectivity index (χ0) is 15.9. The number of sulfonamides is 1. The fraction of sp³-hybridized carbons (Fsp3) is 0.417. The number of nitrogens with zero attached hydrogens (tertiary/aromatic N) is 1. The van der Waals surface area contributed by atoms with Crippen molar-refractivity contribution in [2.75, 3.05) is 11.5 Å². The zero-order valence-electron chi connectivity index (χ0n) is 11.1.